The van der Waals surface area contributed by atoms with Gasteiger partial charge in [-0.1, -0.05) is 6.07 Å². The monoisotopic (exact) mass is 495 g/mol. The number of alkyl halides is 3. The fraction of sp³-hybridized carbons (Fsp3) is 0.280. The Morgan fingerprint density at radius 3 is 2.64 bits per heavy atom. The number of fused-ring (bicyclic) bond motifs is 6. The van der Waals surface area contributed by atoms with Crippen molar-refractivity contribution in [2.45, 2.75) is 37.5 Å². The fourth-order valence-electron chi connectivity index (χ4n) is 5.58. The number of rotatable bonds is 2. The average molecular weight is 495 g/mol. The number of hydrogen-bond acceptors (Lipinski definition) is 4. The van der Waals surface area contributed by atoms with Gasteiger partial charge in [-0.05, 0) is 43.2 Å². The normalized spacial score (nSPS) is 19.1. The van der Waals surface area contributed by atoms with Gasteiger partial charge in [0.15, 0.2) is 0 Å². The van der Waals surface area contributed by atoms with Crippen molar-refractivity contribution in [1.29, 1.82) is 0 Å². The Kier molecular flexibility index (Phi) is 4.76. The van der Waals surface area contributed by atoms with E-state index < -0.39 is 23.5 Å². The van der Waals surface area contributed by atoms with Crippen LogP contribution in [0.2, 0.25) is 0 Å². The van der Waals surface area contributed by atoms with Crippen molar-refractivity contribution in [3.8, 4) is 17.1 Å². The Morgan fingerprint density at radius 1 is 1.11 bits per heavy atom. The quantitative estimate of drug-likeness (QED) is 0.441. The smallest absolute Gasteiger partial charge is 0.433 e. The van der Waals surface area contributed by atoms with Crippen molar-refractivity contribution in [3.05, 3.63) is 76.0 Å². The highest BCUT2D eigenvalue weighted by molar-refractivity contribution is 5.85. The van der Waals surface area contributed by atoms with Gasteiger partial charge in [-0.15, -0.1) is 0 Å². The summed E-state index contributed by atoms with van der Waals surface area (Å²) < 4.78 is 42.4. The van der Waals surface area contributed by atoms with E-state index in [4.69, 9.17) is 4.98 Å². The Bertz CT molecular complexity index is 1610. The SMILES string of the molecule is Cn1c2c(c3ccc(-n4ccc(-c5cccc(C(F)(F)F)n5)cc4=O)nc31)C1CCC(C2)N1C(=O)O. The molecule has 8 nitrogen and oxygen atoms in total. The summed E-state index contributed by atoms with van der Waals surface area (Å²) in [6.07, 6.45) is -1.85. The molecule has 6 heterocycles. The number of pyridine rings is 3. The van der Waals surface area contributed by atoms with Crippen molar-refractivity contribution in [2.24, 2.45) is 7.05 Å². The molecule has 0 aromatic carbocycles. The highest BCUT2D eigenvalue weighted by Crippen LogP contribution is 2.47. The van der Waals surface area contributed by atoms with Crippen LogP contribution in [0, 0.1) is 0 Å². The predicted octanol–water partition coefficient (Wildman–Crippen LogP) is 4.54. The van der Waals surface area contributed by atoms with E-state index in [0.29, 0.717) is 17.9 Å². The largest absolute Gasteiger partial charge is 0.465 e. The highest BCUT2D eigenvalue weighted by Gasteiger charge is 2.45. The zero-order chi connectivity index (χ0) is 25.4. The minimum absolute atomic E-state index is 0.0469. The maximum atomic E-state index is 13.0. The first kappa shape index (κ1) is 22.3. The molecule has 0 aliphatic carbocycles. The number of hydrogen-bond donors (Lipinski definition) is 1. The summed E-state index contributed by atoms with van der Waals surface area (Å²) >= 11 is 0. The molecule has 1 amide bonds. The fourth-order valence-corrected chi connectivity index (χ4v) is 5.58. The molecule has 36 heavy (non-hydrogen) atoms. The van der Waals surface area contributed by atoms with E-state index in [1.807, 2.05) is 17.7 Å². The van der Waals surface area contributed by atoms with Gasteiger partial charge in [-0.25, -0.2) is 14.8 Å². The molecule has 0 spiro atoms. The third kappa shape index (κ3) is 3.29. The van der Waals surface area contributed by atoms with Crippen molar-refractivity contribution < 1.29 is 23.1 Å². The number of aromatic nitrogens is 4. The molecular formula is C25H20F3N5O3. The number of carbonyl (C=O) groups is 1. The van der Waals surface area contributed by atoms with E-state index in [0.717, 1.165) is 35.6 Å². The van der Waals surface area contributed by atoms with Crippen LogP contribution in [0.1, 0.15) is 35.8 Å². The van der Waals surface area contributed by atoms with E-state index in [2.05, 4.69) is 4.98 Å². The standard InChI is InChI=1S/C25H20F3N5O3/c1-31-18-12-14-5-7-17(33(14)24(35)36)22(18)15-6-8-20(30-23(15)31)32-10-9-13(11-21(32)34)16-3-2-4-19(29-16)25(26,27)28/h2-4,6,8-11,14,17H,5,7,12H2,1H3,(H,35,36). The molecule has 1 fully saturated rings. The van der Waals surface area contributed by atoms with E-state index in [1.54, 1.807) is 11.0 Å². The molecule has 4 aromatic heterocycles. The Labute approximate surface area is 202 Å². The van der Waals surface area contributed by atoms with Crippen molar-refractivity contribution in [1.82, 2.24) is 24.0 Å². The van der Waals surface area contributed by atoms with Gasteiger partial charge < -0.3 is 9.67 Å². The first-order valence-corrected chi connectivity index (χ1v) is 11.4. The Morgan fingerprint density at radius 2 is 1.92 bits per heavy atom. The molecule has 2 bridgehead atoms. The first-order chi connectivity index (χ1) is 17.1. The first-order valence-electron chi connectivity index (χ1n) is 11.4. The molecule has 4 aromatic rings. The number of amides is 1. The molecule has 2 atom stereocenters. The second kappa shape index (κ2) is 7.67. The predicted molar refractivity (Wildman–Crippen MR) is 124 cm³/mol. The third-order valence-corrected chi connectivity index (χ3v) is 7.17. The summed E-state index contributed by atoms with van der Waals surface area (Å²) in [7, 11) is 1.89. The summed E-state index contributed by atoms with van der Waals surface area (Å²) in [5.74, 6) is 0.356. The van der Waals surface area contributed by atoms with Gasteiger partial charge in [0.25, 0.3) is 5.56 Å². The minimum atomic E-state index is -4.58. The summed E-state index contributed by atoms with van der Waals surface area (Å²) in [5, 5.41) is 10.6. The lowest BCUT2D eigenvalue weighted by atomic mass is 9.98. The Hall–Kier alpha value is -4.15. The van der Waals surface area contributed by atoms with Crippen LogP contribution in [0.15, 0.2) is 53.5 Å². The molecule has 2 aliphatic rings. The molecule has 184 valence electrons. The lowest BCUT2D eigenvalue weighted by Gasteiger charge is -2.33. The zero-order valence-corrected chi connectivity index (χ0v) is 19.0. The molecule has 11 heteroatoms. The van der Waals surface area contributed by atoms with E-state index >= 15 is 0 Å². The van der Waals surface area contributed by atoms with Crippen LogP contribution in [0.25, 0.3) is 28.1 Å². The van der Waals surface area contributed by atoms with Gasteiger partial charge in [0.1, 0.15) is 17.2 Å². The number of nitrogens with zero attached hydrogens (tertiary/aromatic N) is 5. The molecule has 2 aliphatic heterocycles. The van der Waals surface area contributed by atoms with Gasteiger partial charge in [-0.3, -0.25) is 14.3 Å². The lowest BCUT2D eigenvalue weighted by Crippen LogP contribution is -2.41. The summed E-state index contributed by atoms with van der Waals surface area (Å²) in [6, 6.07) is 9.58. The molecule has 1 N–H and O–H groups in total. The summed E-state index contributed by atoms with van der Waals surface area (Å²) in [4.78, 5) is 34.7. The molecular weight excluding hydrogens is 475 g/mol. The number of carboxylic acid groups (broad SMARTS) is 1. The highest BCUT2D eigenvalue weighted by atomic mass is 19.4. The summed E-state index contributed by atoms with van der Waals surface area (Å²) in [6.45, 7) is 0. The van der Waals surface area contributed by atoms with Crippen LogP contribution in [-0.2, 0) is 19.6 Å². The van der Waals surface area contributed by atoms with Crippen LogP contribution in [0.3, 0.4) is 0 Å². The van der Waals surface area contributed by atoms with Gasteiger partial charge in [0, 0.05) is 54.0 Å². The van der Waals surface area contributed by atoms with Crippen molar-refractivity contribution in [2.75, 3.05) is 0 Å². The summed E-state index contributed by atoms with van der Waals surface area (Å²) in [5.41, 5.74) is 1.49. The van der Waals surface area contributed by atoms with Crippen LogP contribution < -0.4 is 5.56 Å². The maximum Gasteiger partial charge on any atom is 0.433 e. The van der Waals surface area contributed by atoms with E-state index in [1.165, 1.54) is 35.0 Å². The topological polar surface area (TPSA) is 93.3 Å². The lowest BCUT2D eigenvalue weighted by molar-refractivity contribution is -0.141. The number of aryl methyl sites for hydroxylation is 1. The van der Waals surface area contributed by atoms with Crippen LogP contribution in [0.4, 0.5) is 18.0 Å². The van der Waals surface area contributed by atoms with Gasteiger partial charge >= 0.3 is 12.3 Å². The molecule has 1 saturated heterocycles. The molecule has 0 radical (unpaired) electrons. The van der Waals surface area contributed by atoms with Crippen molar-refractivity contribution >= 4 is 17.1 Å². The van der Waals surface area contributed by atoms with Gasteiger partial charge in [0.05, 0.1) is 11.7 Å². The average Bonchev–Trinajstić information content (AvgIpc) is 3.31. The maximum absolute atomic E-state index is 13.0. The molecule has 2 unspecified atom stereocenters. The zero-order valence-electron chi connectivity index (χ0n) is 19.0. The molecule has 0 saturated carbocycles. The van der Waals surface area contributed by atoms with E-state index in [9.17, 15) is 27.9 Å². The second-order valence-corrected chi connectivity index (χ2v) is 9.13. The molecule has 6 rings (SSSR count). The second-order valence-electron chi connectivity index (χ2n) is 9.13. The van der Waals surface area contributed by atoms with Gasteiger partial charge in [0.2, 0.25) is 0 Å². The minimum Gasteiger partial charge on any atom is -0.465 e. The van der Waals surface area contributed by atoms with Crippen LogP contribution in [-0.4, -0.2) is 41.2 Å². The van der Waals surface area contributed by atoms with Crippen molar-refractivity contribution in [3.63, 3.8) is 0 Å². The van der Waals surface area contributed by atoms with Gasteiger partial charge in [-0.2, -0.15) is 13.2 Å². The Balaban J connectivity index is 1.40. The third-order valence-electron chi connectivity index (χ3n) is 7.17. The van der Waals surface area contributed by atoms with Crippen LogP contribution >= 0.6 is 0 Å². The number of halogens is 3. The van der Waals surface area contributed by atoms with Crippen LogP contribution in [0.5, 0.6) is 0 Å². The van der Waals surface area contributed by atoms with E-state index in [-0.39, 0.29) is 23.3 Å².